The van der Waals surface area contributed by atoms with Crippen molar-refractivity contribution in [1.82, 2.24) is 0 Å². The monoisotopic (exact) mass is 158 g/mol. The van der Waals surface area contributed by atoms with Crippen molar-refractivity contribution in [3.8, 4) is 0 Å². The standard InChI is InChI=1S/C8H14O3/c1-7(2)5-10-8(3,4)6(9)11-7/h5H2,1-4H3. The van der Waals surface area contributed by atoms with Gasteiger partial charge >= 0.3 is 5.97 Å². The van der Waals surface area contributed by atoms with E-state index in [0.29, 0.717) is 6.61 Å². The molecule has 0 unspecified atom stereocenters. The van der Waals surface area contributed by atoms with E-state index in [2.05, 4.69) is 0 Å². The summed E-state index contributed by atoms with van der Waals surface area (Å²) in [4.78, 5) is 11.2. The van der Waals surface area contributed by atoms with Crippen molar-refractivity contribution in [2.75, 3.05) is 6.61 Å². The molecule has 1 saturated heterocycles. The third kappa shape index (κ3) is 1.71. The molecule has 3 heteroatoms. The predicted molar refractivity (Wildman–Crippen MR) is 40.2 cm³/mol. The van der Waals surface area contributed by atoms with E-state index in [9.17, 15) is 4.79 Å². The molecule has 1 aliphatic rings. The second kappa shape index (κ2) is 2.21. The van der Waals surface area contributed by atoms with Gasteiger partial charge in [-0.05, 0) is 27.7 Å². The molecule has 0 saturated carbocycles. The van der Waals surface area contributed by atoms with Gasteiger partial charge in [0.25, 0.3) is 0 Å². The Bertz CT molecular complexity index is 182. The zero-order valence-electron chi connectivity index (χ0n) is 7.43. The number of rotatable bonds is 0. The lowest BCUT2D eigenvalue weighted by molar-refractivity contribution is -0.215. The number of esters is 1. The maximum Gasteiger partial charge on any atom is 0.338 e. The maximum absolute atomic E-state index is 11.2. The predicted octanol–water partition coefficient (Wildman–Crippen LogP) is 1.12. The van der Waals surface area contributed by atoms with Crippen LogP contribution in [-0.4, -0.2) is 23.8 Å². The summed E-state index contributed by atoms with van der Waals surface area (Å²) >= 11 is 0. The Morgan fingerprint density at radius 2 is 1.82 bits per heavy atom. The van der Waals surface area contributed by atoms with E-state index in [4.69, 9.17) is 9.47 Å². The minimum absolute atomic E-state index is 0.284. The zero-order valence-corrected chi connectivity index (χ0v) is 7.43. The van der Waals surface area contributed by atoms with E-state index in [-0.39, 0.29) is 5.97 Å². The van der Waals surface area contributed by atoms with E-state index >= 15 is 0 Å². The van der Waals surface area contributed by atoms with Crippen molar-refractivity contribution < 1.29 is 14.3 Å². The fourth-order valence-electron chi connectivity index (χ4n) is 0.816. The molecule has 0 aliphatic carbocycles. The Kier molecular flexibility index (Phi) is 1.71. The lowest BCUT2D eigenvalue weighted by Crippen LogP contribution is -2.51. The summed E-state index contributed by atoms with van der Waals surface area (Å²) in [7, 11) is 0. The normalized spacial score (nSPS) is 27.8. The van der Waals surface area contributed by atoms with E-state index in [0.717, 1.165) is 0 Å². The molecule has 0 amide bonds. The molecular formula is C8H14O3. The number of carbonyl (C=O) groups is 1. The van der Waals surface area contributed by atoms with Crippen molar-refractivity contribution in [3.05, 3.63) is 0 Å². The molecule has 0 bridgehead atoms. The number of cyclic esters (lactones) is 1. The van der Waals surface area contributed by atoms with Crippen LogP contribution in [0.5, 0.6) is 0 Å². The summed E-state index contributed by atoms with van der Waals surface area (Å²) in [5.74, 6) is -0.284. The van der Waals surface area contributed by atoms with Gasteiger partial charge in [0.15, 0.2) is 5.60 Å². The highest BCUT2D eigenvalue weighted by Gasteiger charge is 2.41. The first-order valence-electron chi connectivity index (χ1n) is 3.71. The first kappa shape index (κ1) is 8.53. The highest BCUT2D eigenvalue weighted by atomic mass is 16.6. The van der Waals surface area contributed by atoms with E-state index in [1.807, 2.05) is 13.8 Å². The molecule has 1 fully saturated rings. The van der Waals surface area contributed by atoms with Crippen molar-refractivity contribution in [2.24, 2.45) is 0 Å². The SMILES string of the molecule is CC1(C)COC(C)(C)C(=O)O1. The molecule has 64 valence electrons. The minimum atomic E-state index is -0.768. The number of carbonyl (C=O) groups excluding carboxylic acids is 1. The van der Waals surface area contributed by atoms with Crippen molar-refractivity contribution >= 4 is 5.97 Å². The van der Waals surface area contributed by atoms with E-state index in [1.165, 1.54) is 0 Å². The maximum atomic E-state index is 11.2. The van der Waals surface area contributed by atoms with Crippen LogP contribution in [0.4, 0.5) is 0 Å². The zero-order chi connectivity index (χ0) is 8.70. The Labute approximate surface area is 66.7 Å². The molecule has 0 aromatic carbocycles. The number of hydrogen-bond donors (Lipinski definition) is 0. The minimum Gasteiger partial charge on any atom is -0.455 e. The van der Waals surface area contributed by atoms with Crippen molar-refractivity contribution in [1.29, 1.82) is 0 Å². The van der Waals surface area contributed by atoms with Gasteiger partial charge in [-0.25, -0.2) is 4.79 Å². The first-order valence-corrected chi connectivity index (χ1v) is 3.71. The van der Waals surface area contributed by atoms with Crippen LogP contribution >= 0.6 is 0 Å². The Morgan fingerprint density at radius 3 is 2.18 bits per heavy atom. The summed E-state index contributed by atoms with van der Waals surface area (Å²) < 4.78 is 10.4. The molecule has 3 nitrogen and oxygen atoms in total. The van der Waals surface area contributed by atoms with Gasteiger partial charge in [-0.3, -0.25) is 0 Å². The third-order valence-corrected chi connectivity index (χ3v) is 1.64. The van der Waals surface area contributed by atoms with Gasteiger partial charge < -0.3 is 9.47 Å². The van der Waals surface area contributed by atoms with Crippen LogP contribution in [0.2, 0.25) is 0 Å². The van der Waals surface area contributed by atoms with Crippen LogP contribution in [0.1, 0.15) is 27.7 Å². The van der Waals surface area contributed by atoms with Gasteiger partial charge in [-0.1, -0.05) is 0 Å². The van der Waals surface area contributed by atoms with Gasteiger partial charge in [0.1, 0.15) is 5.60 Å². The smallest absolute Gasteiger partial charge is 0.338 e. The molecule has 1 rings (SSSR count). The molecule has 1 heterocycles. The van der Waals surface area contributed by atoms with Crippen LogP contribution < -0.4 is 0 Å². The number of ether oxygens (including phenoxy) is 2. The third-order valence-electron chi connectivity index (χ3n) is 1.64. The van der Waals surface area contributed by atoms with E-state index < -0.39 is 11.2 Å². The van der Waals surface area contributed by atoms with Crippen molar-refractivity contribution in [3.63, 3.8) is 0 Å². The topological polar surface area (TPSA) is 35.5 Å². The molecule has 0 aromatic rings. The molecule has 0 aromatic heterocycles. The first-order chi connectivity index (χ1) is 4.83. The highest BCUT2D eigenvalue weighted by molar-refractivity contribution is 5.79. The summed E-state index contributed by atoms with van der Waals surface area (Å²) in [5.41, 5.74) is -1.23. The summed E-state index contributed by atoms with van der Waals surface area (Å²) in [6.07, 6.45) is 0. The quantitative estimate of drug-likeness (QED) is 0.495. The lowest BCUT2D eigenvalue weighted by atomic mass is 10.0. The summed E-state index contributed by atoms with van der Waals surface area (Å²) in [6, 6.07) is 0. The highest BCUT2D eigenvalue weighted by Crippen LogP contribution is 2.25. The molecule has 0 radical (unpaired) electrons. The fraction of sp³-hybridized carbons (Fsp3) is 0.875. The lowest BCUT2D eigenvalue weighted by Gasteiger charge is -2.37. The Hall–Kier alpha value is -0.570. The molecule has 11 heavy (non-hydrogen) atoms. The van der Waals surface area contributed by atoms with Gasteiger partial charge in [0.05, 0.1) is 6.61 Å². The van der Waals surface area contributed by atoms with Crippen LogP contribution in [-0.2, 0) is 14.3 Å². The summed E-state index contributed by atoms with van der Waals surface area (Å²) in [5, 5.41) is 0. The van der Waals surface area contributed by atoms with E-state index in [1.54, 1.807) is 13.8 Å². The molecule has 0 N–H and O–H groups in total. The van der Waals surface area contributed by atoms with Gasteiger partial charge in [0, 0.05) is 0 Å². The Balaban J connectivity index is 2.71. The summed E-state index contributed by atoms with van der Waals surface area (Å²) in [6.45, 7) is 7.56. The van der Waals surface area contributed by atoms with Crippen LogP contribution in [0, 0.1) is 0 Å². The largest absolute Gasteiger partial charge is 0.455 e. The van der Waals surface area contributed by atoms with Crippen LogP contribution in [0.3, 0.4) is 0 Å². The van der Waals surface area contributed by atoms with Crippen LogP contribution in [0.15, 0.2) is 0 Å². The molecule has 0 atom stereocenters. The average molecular weight is 158 g/mol. The molecular weight excluding hydrogens is 144 g/mol. The van der Waals surface area contributed by atoms with Gasteiger partial charge in [-0.15, -0.1) is 0 Å². The average Bonchev–Trinajstić information content (AvgIpc) is 1.81. The van der Waals surface area contributed by atoms with Gasteiger partial charge in [0.2, 0.25) is 0 Å². The fourth-order valence-corrected chi connectivity index (χ4v) is 0.816. The molecule has 0 spiro atoms. The van der Waals surface area contributed by atoms with Crippen molar-refractivity contribution in [2.45, 2.75) is 38.9 Å². The second-order valence-electron chi connectivity index (χ2n) is 3.95. The number of hydrogen-bond acceptors (Lipinski definition) is 3. The van der Waals surface area contributed by atoms with Crippen LogP contribution in [0.25, 0.3) is 0 Å². The molecule has 1 aliphatic heterocycles. The Morgan fingerprint density at radius 1 is 1.27 bits per heavy atom. The second-order valence-corrected chi connectivity index (χ2v) is 3.95. The van der Waals surface area contributed by atoms with Gasteiger partial charge in [-0.2, -0.15) is 0 Å².